The summed E-state index contributed by atoms with van der Waals surface area (Å²) in [5, 5.41) is 4.60. The van der Waals surface area contributed by atoms with Crippen LogP contribution < -0.4 is 10.6 Å². The van der Waals surface area contributed by atoms with Gasteiger partial charge in [-0.1, -0.05) is 6.92 Å². The van der Waals surface area contributed by atoms with E-state index < -0.39 is 0 Å². The van der Waals surface area contributed by atoms with E-state index in [-0.39, 0.29) is 6.04 Å². The summed E-state index contributed by atoms with van der Waals surface area (Å²) in [5.41, 5.74) is 8.58. The van der Waals surface area contributed by atoms with Crippen LogP contribution >= 0.6 is 0 Å². The molecule has 0 amide bonds. The molecule has 2 unspecified atom stereocenters. The number of methoxy groups -OCH3 is 1. The van der Waals surface area contributed by atoms with Crippen molar-refractivity contribution < 1.29 is 4.74 Å². The maximum absolute atomic E-state index is 6.15. The van der Waals surface area contributed by atoms with Crippen molar-refractivity contribution in [3.8, 4) is 0 Å². The first kappa shape index (κ1) is 15.3. The van der Waals surface area contributed by atoms with E-state index in [0.29, 0.717) is 5.92 Å². The van der Waals surface area contributed by atoms with Crippen LogP contribution in [0.15, 0.2) is 0 Å². The Balaban J connectivity index is 2.18. The number of anilines is 1. The summed E-state index contributed by atoms with van der Waals surface area (Å²) >= 11 is 0. The van der Waals surface area contributed by atoms with Crippen molar-refractivity contribution in [1.29, 1.82) is 0 Å². The lowest BCUT2D eigenvalue weighted by Crippen LogP contribution is -2.27. The summed E-state index contributed by atoms with van der Waals surface area (Å²) in [5.74, 6) is 1.88. The van der Waals surface area contributed by atoms with Crippen LogP contribution in [0, 0.1) is 12.8 Å². The predicted molar refractivity (Wildman–Crippen MR) is 82.1 cm³/mol. The van der Waals surface area contributed by atoms with E-state index in [1.807, 2.05) is 11.7 Å². The lowest BCUT2D eigenvalue weighted by molar-refractivity contribution is 0.161. The summed E-state index contributed by atoms with van der Waals surface area (Å²) in [4.78, 5) is 2.45. The Morgan fingerprint density at radius 3 is 2.90 bits per heavy atom. The van der Waals surface area contributed by atoms with Gasteiger partial charge < -0.3 is 15.4 Å². The van der Waals surface area contributed by atoms with E-state index in [4.69, 9.17) is 10.5 Å². The number of nitrogens with two attached hydrogens (primary N) is 1. The third kappa shape index (κ3) is 3.15. The molecule has 5 heteroatoms. The predicted octanol–water partition coefficient (Wildman–Crippen LogP) is 1.48. The van der Waals surface area contributed by atoms with Gasteiger partial charge in [0.1, 0.15) is 5.82 Å². The van der Waals surface area contributed by atoms with E-state index in [9.17, 15) is 0 Å². The number of hydrogen-bond acceptors (Lipinski definition) is 4. The molecule has 0 saturated carbocycles. The SMILES string of the molecule is CCC(N)Cc1c(C)nn(C)c1N1CCC(COC)C1. The van der Waals surface area contributed by atoms with Crippen LogP contribution in [0.25, 0.3) is 0 Å². The van der Waals surface area contributed by atoms with Crippen molar-refractivity contribution in [2.45, 2.75) is 39.2 Å². The van der Waals surface area contributed by atoms with Crippen LogP contribution in [0.4, 0.5) is 5.82 Å². The molecule has 0 aliphatic carbocycles. The van der Waals surface area contributed by atoms with Gasteiger partial charge in [0.05, 0.1) is 12.3 Å². The van der Waals surface area contributed by atoms with Crippen molar-refractivity contribution >= 4 is 5.82 Å². The fourth-order valence-electron chi connectivity index (χ4n) is 3.13. The molecule has 1 aliphatic rings. The van der Waals surface area contributed by atoms with Gasteiger partial charge in [-0.15, -0.1) is 0 Å². The molecule has 1 aromatic rings. The third-order valence-electron chi connectivity index (χ3n) is 4.29. The highest BCUT2D eigenvalue weighted by Gasteiger charge is 2.27. The summed E-state index contributed by atoms with van der Waals surface area (Å²) < 4.78 is 7.30. The Bertz CT molecular complexity index is 443. The number of ether oxygens (including phenoxy) is 1. The van der Waals surface area contributed by atoms with Crippen molar-refractivity contribution in [3.05, 3.63) is 11.3 Å². The molecule has 0 radical (unpaired) electrons. The maximum atomic E-state index is 6.15. The van der Waals surface area contributed by atoms with Gasteiger partial charge in [0, 0.05) is 44.8 Å². The van der Waals surface area contributed by atoms with E-state index in [1.165, 1.54) is 17.8 Å². The second-order valence-corrected chi connectivity index (χ2v) is 5.94. The molecular weight excluding hydrogens is 252 g/mol. The van der Waals surface area contributed by atoms with E-state index in [2.05, 4.69) is 23.8 Å². The maximum Gasteiger partial charge on any atom is 0.130 e. The number of nitrogens with zero attached hydrogens (tertiary/aromatic N) is 3. The normalized spacial score (nSPS) is 20.6. The second-order valence-electron chi connectivity index (χ2n) is 5.94. The molecule has 1 saturated heterocycles. The molecule has 1 aromatic heterocycles. The molecule has 0 bridgehead atoms. The van der Waals surface area contributed by atoms with Gasteiger partial charge in [-0.3, -0.25) is 4.68 Å². The zero-order valence-electron chi connectivity index (χ0n) is 13.2. The highest BCUT2D eigenvalue weighted by atomic mass is 16.5. The van der Waals surface area contributed by atoms with Crippen molar-refractivity contribution in [3.63, 3.8) is 0 Å². The molecule has 2 N–H and O–H groups in total. The lowest BCUT2D eigenvalue weighted by atomic mass is 10.0. The van der Waals surface area contributed by atoms with Crippen LogP contribution in [-0.2, 0) is 18.2 Å². The van der Waals surface area contributed by atoms with Crippen LogP contribution in [0.1, 0.15) is 31.0 Å². The lowest BCUT2D eigenvalue weighted by Gasteiger charge is -2.21. The molecule has 0 aromatic carbocycles. The van der Waals surface area contributed by atoms with Crippen molar-refractivity contribution in [2.24, 2.45) is 18.7 Å². The molecular formula is C15H28N4O. The zero-order chi connectivity index (χ0) is 14.7. The highest BCUT2D eigenvalue weighted by molar-refractivity contribution is 5.51. The first-order valence-corrected chi connectivity index (χ1v) is 7.58. The molecule has 1 aliphatic heterocycles. The molecule has 2 atom stereocenters. The Morgan fingerprint density at radius 2 is 2.25 bits per heavy atom. The zero-order valence-corrected chi connectivity index (χ0v) is 13.2. The molecule has 2 heterocycles. The van der Waals surface area contributed by atoms with E-state index in [0.717, 1.165) is 38.2 Å². The molecule has 2 rings (SSSR count). The average molecular weight is 280 g/mol. The van der Waals surface area contributed by atoms with E-state index >= 15 is 0 Å². The van der Waals surface area contributed by atoms with Gasteiger partial charge in [-0.2, -0.15) is 5.10 Å². The summed E-state index contributed by atoms with van der Waals surface area (Å²) in [6, 6.07) is 0.217. The monoisotopic (exact) mass is 280 g/mol. The minimum absolute atomic E-state index is 0.217. The third-order valence-corrected chi connectivity index (χ3v) is 4.29. The number of aromatic nitrogens is 2. The Kier molecular flexibility index (Phi) is 5.05. The number of hydrogen-bond donors (Lipinski definition) is 1. The molecule has 0 spiro atoms. The van der Waals surface area contributed by atoms with Crippen LogP contribution in [-0.4, -0.2) is 42.6 Å². The van der Waals surface area contributed by atoms with Crippen LogP contribution in [0.3, 0.4) is 0 Å². The van der Waals surface area contributed by atoms with Gasteiger partial charge >= 0.3 is 0 Å². The summed E-state index contributed by atoms with van der Waals surface area (Å²) in [7, 11) is 3.82. The highest BCUT2D eigenvalue weighted by Crippen LogP contribution is 2.29. The fourth-order valence-corrected chi connectivity index (χ4v) is 3.13. The molecule has 20 heavy (non-hydrogen) atoms. The van der Waals surface area contributed by atoms with Gasteiger partial charge in [0.25, 0.3) is 0 Å². The quantitative estimate of drug-likeness (QED) is 0.857. The van der Waals surface area contributed by atoms with Gasteiger partial charge in [-0.25, -0.2) is 0 Å². The fraction of sp³-hybridized carbons (Fsp3) is 0.800. The summed E-state index contributed by atoms with van der Waals surface area (Å²) in [6.07, 6.45) is 3.11. The average Bonchev–Trinajstić information content (AvgIpc) is 2.95. The Labute approximate surface area is 122 Å². The molecule has 5 nitrogen and oxygen atoms in total. The smallest absolute Gasteiger partial charge is 0.130 e. The Hall–Kier alpha value is -1.07. The molecule has 1 fully saturated rings. The number of aryl methyl sites for hydroxylation is 2. The first-order valence-electron chi connectivity index (χ1n) is 7.58. The second kappa shape index (κ2) is 6.59. The minimum Gasteiger partial charge on any atom is -0.384 e. The van der Waals surface area contributed by atoms with Gasteiger partial charge in [-0.05, 0) is 26.2 Å². The van der Waals surface area contributed by atoms with Crippen molar-refractivity contribution in [1.82, 2.24) is 9.78 Å². The topological polar surface area (TPSA) is 56.3 Å². The molecule has 114 valence electrons. The van der Waals surface area contributed by atoms with Crippen LogP contribution in [0.2, 0.25) is 0 Å². The largest absolute Gasteiger partial charge is 0.384 e. The summed E-state index contributed by atoms with van der Waals surface area (Å²) in [6.45, 7) is 7.21. The van der Waals surface area contributed by atoms with Crippen LogP contribution in [0.5, 0.6) is 0 Å². The Morgan fingerprint density at radius 1 is 1.50 bits per heavy atom. The van der Waals surface area contributed by atoms with Crippen molar-refractivity contribution in [2.75, 3.05) is 31.7 Å². The number of rotatable bonds is 6. The van der Waals surface area contributed by atoms with E-state index in [1.54, 1.807) is 7.11 Å². The first-order chi connectivity index (χ1) is 9.56. The minimum atomic E-state index is 0.217. The van der Waals surface area contributed by atoms with Gasteiger partial charge in [0.15, 0.2) is 0 Å². The van der Waals surface area contributed by atoms with Gasteiger partial charge in [0.2, 0.25) is 0 Å². The standard InChI is InChI=1S/C15H28N4O/c1-5-13(16)8-14-11(2)17-18(3)15(14)19-7-6-12(9-19)10-20-4/h12-13H,5-10,16H2,1-4H3.